The molecule has 8 heteroatoms. The molecule has 0 fully saturated rings. The molecule has 7 nitrogen and oxygen atoms in total. The monoisotopic (exact) mass is 209 g/mol. The highest BCUT2D eigenvalue weighted by molar-refractivity contribution is 7.70. The Bertz CT molecular complexity index is 291. The number of carbonyl (C=O) groups excluding carboxylic acids is 2. The highest BCUT2D eigenvalue weighted by Gasteiger charge is 2.22. The highest BCUT2D eigenvalue weighted by atomic mass is 31.2. The van der Waals surface area contributed by atoms with E-state index < -0.39 is 19.0 Å². The van der Waals surface area contributed by atoms with Crippen molar-refractivity contribution in [2.75, 3.05) is 0 Å². The minimum absolute atomic E-state index is 0.0353. The molecule has 0 aromatic rings. The van der Waals surface area contributed by atoms with Gasteiger partial charge in [-0.05, 0) is 0 Å². The van der Waals surface area contributed by atoms with Crippen LogP contribution in [0.25, 0.3) is 0 Å². The minimum atomic E-state index is -4.82. The van der Waals surface area contributed by atoms with Gasteiger partial charge in [0.15, 0.2) is 0 Å². The van der Waals surface area contributed by atoms with Gasteiger partial charge in [-0.25, -0.2) is 0 Å². The van der Waals surface area contributed by atoms with E-state index in [1.165, 1.54) is 0 Å². The van der Waals surface area contributed by atoms with Crippen LogP contribution in [0.1, 0.15) is 6.92 Å². The number of hydrogen-bond acceptors (Lipinski definition) is 4. The van der Waals surface area contributed by atoms with Crippen molar-refractivity contribution in [3.8, 4) is 0 Å². The van der Waals surface area contributed by atoms with E-state index in [4.69, 9.17) is 15.0 Å². The van der Waals surface area contributed by atoms with Crippen molar-refractivity contribution in [3.05, 3.63) is 12.3 Å². The molecule has 1 amide bonds. The molecule has 13 heavy (non-hydrogen) atoms. The number of hydroxylamine groups is 2. The quantitative estimate of drug-likeness (QED) is 0.248. The van der Waals surface area contributed by atoms with Gasteiger partial charge in [0.05, 0.1) is 0 Å². The van der Waals surface area contributed by atoms with Crippen LogP contribution in [0.3, 0.4) is 0 Å². The van der Waals surface area contributed by atoms with Gasteiger partial charge in [-0.3, -0.25) is 19.4 Å². The summed E-state index contributed by atoms with van der Waals surface area (Å²) >= 11 is 0. The van der Waals surface area contributed by atoms with E-state index in [0.717, 1.165) is 6.92 Å². The van der Waals surface area contributed by atoms with Gasteiger partial charge >= 0.3 is 7.60 Å². The molecule has 0 saturated heterocycles. The summed E-state index contributed by atoms with van der Waals surface area (Å²) in [6.07, 6.45) is 0.978. The van der Waals surface area contributed by atoms with E-state index in [1.54, 1.807) is 0 Å². The van der Waals surface area contributed by atoms with Gasteiger partial charge in [-0.2, -0.15) is 5.06 Å². The lowest BCUT2D eigenvalue weighted by atomic mass is 10.6. The van der Waals surface area contributed by atoms with Crippen molar-refractivity contribution in [2.45, 2.75) is 6.92 Å². The van der Waals surface area contributed by atoms with Gasteiger partial charge in [0.25, 0.3) is 5.52 Å². The Kier molecular flexibility index (Phi) is 3.96. The normalized spacial score (nSPS) is 11.7. The van der Waals surface area contributed by atoms with Crippen LogP contribution in [0.2, 0.25) is 0 Å². The van der Waals surface area contributed by atoms with E-state index in [2.05, 4.69) is 0 Å². The summed E-state index contributed by atoms with van der Waals surface area (Å²) in [5, 5.41) is 8.67. The first-order valence-electron chi connectivity index (χ1n) is 3.02. The number of allylic oxidation sites excluding steroid dienone is 1. The SMILES string of the molecule is CC(=O)N(O)/C=C/C(=O)P(=O)(O)O. The van der Waals surface area contributed by atoms with Crippen LogP contribution in [-0.4, -0.2) is 31.5 Å². The van der Waals surface area contributed by atoms with Crippen molar-refractivity contribution in [2.24, 2.45) is 0 Å². The van der Waals surface area contributed by atoms with Gasteiger partial charge in [-0.15, -0.1) is 0 Å². The first-order chi connectivity index (χ1) is 5.75. The second-order valence-corrected chi connectivity index (χ2v) is 3.59. The molecule has 0 spiro atoms. The molecule has 0 rings (SSSR count). The number of hydrogen-bond donors (Lipinski definition) is 3. The van der Waals surface area contributed by atoms with Crippen molar-refractivity contribution < 1.29 is 29.1 Å². The fourth-order valence-electron chi connectivity index (χ4n) is 0.336. The Morgan fingerprint density at radius 3 is 2.15 bits per heavy atom. The number of carbonyl (C=O) groups is 2. The van der Waals surface area contributed by atoms with Gasteiger partial charge in [0.1, 0.15) is 0 Å². The summed E-state index contributed by atoms with van der Waals surface area (Å²) in [6.45, 7) is 1.01. The summed E-state index contributed by atoms with van der Waals surface area (Å²) in [5.74, 6) is -0.783. The molecule has 0 aromatic carbocycles. The fraction of sp³-hybridized carbons (Fsp3) is 0.200. The molecule has 74 valence electrons. The average molecular weight is 209 g/mol. The average Bonchev–Trinajstić information content (AvgIpc) is 1.97. The van der Waals surface area contributed by atoms with Gasteiger partial charge < -0.3 is 9.79 Å². The van der Waals surface area contributed by atoms with Crippen molar-refractivity contribution in [1.29, 1.82) is 0 Å². The molecule has 0 aliphatic carbocycles. The zero-order valence-electron chi connectivity index (χ0n) is 6.62. The van der Waals surface area contributed by atoms with Gasteiger partial charge in [-0.1, -0.05) is 0 Å². The maximum Gasteiger partial charge on any atom is 0.395 e. The molecule has 3 N–H and O–H groups in total. The van der Waals surface area contributed by atoms with Crippen LogP contribution >= 0.6 is 7.60 Å². The molecule has 0 atom stereocenters. The lowest BCUT2D eigenvalue weighted by Gasteiger charge is -2.04. The summed E-state index contributed by atoms with van der Waals surface area (Å²) in [5.41, 5.74) is -1.48. The van der Waals surface area contributed by atoms with Gasteiger partial charge in [0, 0.05) is 19.2 Å². The standard InChI is InChI=1S/C5H8NO6P/c1-4(7)6(9)3-2-5(8)13(10,11)12/h2-3,9H,1H3,(H2,10,11,12)/b3-2+. The second kappa shape index (κ2) is 4.29. The van der Waals surface area contributed by atoms with E-state index in [-0.39, 0.29) is 5.06 Å². The lowest BCUT2D eigenvalue weighted by Crippen LogP contribution is -2.17. The Balaban J connectivity index is 4.38. The van der Waals surface area contributed by atoms with Crippen LogP contribution in [-0.2, 0) is 14.2 Å². The van der Waals surface area contributed by atoms with Crippen LogP contribution < -0.4 is 0 Å². The smallest absolute Gasteiger partial charge is 0.319 e. The lowest BCUT2D eigenvalue weighted by molar-refractivity contribution is -0.151. The largest absolute Gasteiger partial charge is 0.395 e. The Labute approximate surface area is 73.4 Å². The Morgan fingerprint density at radius 2 is 1.85 bits per heavy atom. The third-order valence-corrected chi connectivity index (χ3v) is 1.69. The highest BCUT2D eigenvalue weighted by Crippen LogP contribution is 2.35. The predicted octanol–water partition coefficient (Wildman–Crippen LogP) is -0.558. The second-order valence-electron chi connectivity index (χ2n) is 2.06. The molecular formula is C5H8NO6P. The maximum atomic E-state index is 10.5. The molecule has 0 unspecified atom stereocenters. The number of nitrogens with zero attached hydrogens (tertiary/aromatic N) is 1. The summed E-state index contributed by atoms with van der Waals surface area (Å²) in [7, 11) is -4.82. The first kappa shape index (κ1) is 12.0. The van der Waals surface area contributed by atoms with Crippen LogP contribution in [0, 0.1) is 0 Å². The third kappa shape index (κ3) is 4.54. The third-order valence-electron chi connectivity index (χ3n) is 0.968. The Morgan fingerprint density at radius 1 is 1.38 bits per heavy atom. The fourth-order valence-corrected chi connectivity index (χ4v) is 0.597. The Hall–Kier alpha value is -1.01. The minimum Gasteiger partial charge on any atom is -0.319 e. The number of amides is 1. The van der Waals surface area contributed by atoms with Crippen molar-refractivity contribution in [1.82, 2.24) is 5.06 Å². The summed E-state index contributed by atoms with van der Waals surface area (Å²) in [6, 6.07) is 0. The summed E-state index contributed by atoms with van der Waals surface area (Å²) < 4.78 is 10.2. The molecule has 0 heterocycles. The molecule has 0 aliphatic rings. The molecular weight excluding hydrogens is 201 g/mol. The molecule has 0 bridgehead atoms. The predicted molar refractivity (Wildman–Crippen MR) is 40.5 cm³/mol. The van der Waals surface area contributed by atoms with Crippen molar-refractivity contribution >= 4 is 19.0 Å². The van der Waals surface area contributed by atoms with Crippen LogP contribution in [0.15, 0.2) is 12.3 Å². The van der Waals surface area contributed by atoms with Gasteiger partial charge in [0.2, 0.25) is 5.91 Å². The zero-order valence-corrected chi connectivity index (χ0v) is 7.51. The molecule has 0 radical (unpaired) electrons. The maximum absolute atomic E-state index is 10.5. The summed E-state index contributed by atoms with van der Waals surface area (Å²) in [4.78, 5) is 37.3. The van der Waals surface area contributed by atoms with Crippen LogP contribution in [0.5, 0.6) is 0 Å². The van der Waals surface area contributed by atoms with E-state index in [1.807, 2.05) is 0 Å². The first-order valence-corrected chi connectivity index (χ1v) is 4.63. The molecule has 0 aromatic heterocycles. The van der Waals surface area contributed by atoms with E-state index >= 15 is 0 Å². The zero-order chi connectivity index (χ0) is 10.6. The number of rotatable bonds is 3. The topological polar surface area (TPSA) is 115 Å². The van der Waals surface area contributed by atoms with E-state index in [0.29, 0.717) is 12.3 Å². The van der Waals surface area contributed by atoms with Crippen molar-refractivity contribution in [3.63, 3.8) is 0 Å². The molecule has 0 saturated carbocycles. The van der Waals surface area contributed by atoms with E-state index in [9.17, 15) is 14.2 Å². The van der Waals surface area contributed by atoms with Crippen LogP contribution in [0.4, 0.5) is 0 Å². The molecule has 0 aliphatic heterocycles.